The number of aromatic nitrogens is 1. The molecule has 0 unspecified atom stereocenters. The number of nitrogens with one attached hydrogen (secondary N) is 2. The van der Waals surface area contributed by atoms with E-state index in [0.29, 0.717) is 35.2 Å². The molecule has 1 heterocycles. The summed E-state index contributed by atoms with van der Waals surface area (Å²) in [4.78, 5) is 28.6. The standard InChI is InChI=1S/C21H21N3O4S/c1-27-17-9-8-14(12-18(17)28-2)10-11-22-20(26)16-13-29-21(23-16)24-19(25)15-6-4-3-5-7-15/h3-9,12-13H,10-11H2,1-2H3,(H,22,26)(H,23,24,25). The molecule has 150 valence electrons. The average Bonchev–Trinajstić information content (AvgIpc) is 3.22. The molecule has 2 N–H and O–H groups in total. The lowest BCUT2D eigenvalue weighted by atomic mass is 10.1. The van der Waals surface area contributed by atoms with Crippen LogP contribution in [0.4, 0.5) is 5.13 Å². The lowest BCUT2D eigenvalue weighted by Crippen LogP contribution is -2.26. The molecule has 0 aliphatic heterocycles. The van der Waals surface area contributed by atoms with Gasteiger partial charge in [-0.1, -0.05) is 24.3 Å². The number of carbonyl (C=O) groups excluding carboxylic acids is 2. The van der Waals surface area contributed by atoms with Gasteiger partial charge in [0.2, 0.25) is 0 Å². The lowest BCUT2D eigenvalue weighted by Gasteiger charge is -2.09. The van der Waals surface area contributed by atoms with E-state index >= 15 is 0 Å². The summed E-state index contributed by atoms with van der Waals surface area (Å²) in [7, 11) is 3.17. The van der Waals surface area contributed by atoms with Crippen LogP contribution in [0.15, 0.2) is 53.9 Å². The summed E-state index contributed by atoms with van der Waals surface area (Å²) in [6.45, 7) is 0.442. The van der Waals surface area contributed by atoms with Crippen LogP contribution >= 0.6 is 11.3 Å². The van der Waals surface area contributed by atoms with Crippen molar-refractivity contribution in [3.63, 3.8) is 0 Å². The summed E-state index contributed by atoms with van der Waals surface area (Å²) in [5, 5.41) is 7.53. The van der Waals surface area contributed by atoms with Gasteiger partial charge in [-0.15, -0.1) is 11.3 Å². The topological polar surface area (TPSA) is 89.6 Å². The van der Waals surface area contributed by atoms with Gasteiger partial charge in [-0.05, 0) is 36.2 Å². The molecule has 2 aromatic carbocycles. The highest BCUT2D eigenvalue weighted by atomic mass is 32.1. The van der Waals surface area contributed by atoms with Gasteiger partial charge in [-0.3, -0.25) is 14.9 Å². The molecule has 3 aromatic rings. The predicted octanol–water partition coefficient (Wildman–Crippen LogP) is 3.39. The Morgan fingerprint density at radius 1 is 1.00 bits per heavy atom. The molecule has 0 spiro atoms. The third kappa shape index (κ3) is 5.32. The third-order valence-electron chi connectivity index (χ3n) is 4.14. The molecule has 7 nitrogen and oxygen atoms in total. The van der Waals surface area contributed by atoms with Crippen molar-refractivity contribution in [1.82, 2.24) is 10.3 Å². The van der Waals surface area contributed by atoms with Crippen LogP contribution in [0.3, 0.4) is 0 Å². The van der Waals surface area contributed by atoms with Crippen molar-refractivity contribution in [3.05, 3.63) is 70.7 Å². The SMILES string of the molecule is COc1ccc(CCNC(=O)c2csc(NC(=O)c3ccccc3)n2)cc1OC. The average molecular weight is 411 g/mol. The molecule has 0 atom stereocenters. The number of amides is 2. The quantitative estimate of drug-likeness (QED) is 0.593. The molecule has 0 saturated heterocycles. The van der Waals surface area contributed by atoms with Crippen molar-refractivity contribution >= 4 is 28.3 Å². The Bertz CT molecular complexity index is 989. The maximum atomic E-state index is 12.3. The molecule has 0 saturated carbocycles. The normalized spacial score (nSPS) is 10.3. The number of benzene rings is 2. The van der Waals surface area contributed by atoms with Crippen molar-refractivity contribution in [2.75, 3.05) is 26.1 Å². The second kappa shape index (κ2) is 9.70. The van der Waals surface area contributed by atoms with E-state index in [2.05, 4.69) is 15.6 Å². The highest BCUT2D eigenvalue weighted by Crippen LogP contribution is 2.27. The minimum atomic E-state index is -0.290. The van der Waals surface area contributed by atoms with Gasteiger partial charge in [0.15, 0.2) is 16.6 Å². The van der Waals surface area contributed by atoms with E-state index in [-0.39, 0.29) is 17.5 Å². The summed E-state index contributed by atoms with van der Waals surface area (Å²) >= 11 is 1.21. The molecule has 29 heavy (non-hydrogen) atoms. The smallest absolute Gasteiger partial charge is 0.270 e. The van der Waals surface area contributed by atoms with Gasteiger partial charge in [0.1, 0.15) is 5.69 Å². The Hall–Kier alpha value is -3.39. The molecule has 0 bridgehead atoms. The monoisotopic (exact) mass is 411 g/mol. The molecular formula is C21H21N3O4S. The minimum absolute atomic E-state index is 0.264. The molecule has 1 aromatic heterocycles. The van der Waals surface area contributed by atoms with Crippen LogP contribution in [-0.2, 0) is 6.42 Å². The third-order valence-corrected chi connectivity index (χ3v) is 4.90. The van der Waals surface area contributed by atoms with E-state index in [1.807, 2.05) is 24.3 Å². The highest BCUT2D eigenvalue weighted by Gasteiger charge is 2.13. The first-order valence-electron chi connectivity index (χ1n) is 8.91. The number of thiazole rings is 1. The van der Waals surface area contributed by atoms with E-state index in [4.69, 9.17) is 9.47 Å². The number of ether oxygens (including phenoxy) is 2. The Labute approximate surface area is 172 Å². The Morgan fingerprint density at radius 3 is 2.48 bits per heavy atom. The molecule has 0 radical (unpaired) electrons. The molecule has 0 aliphatic carbocycles. The number of hydrogen-bond acceptors (Lipinski definition) is 6. The zero-order valence-electron chi connectivity index (χ0n) is 16.1. The maximum Gasteiger partial charge on any atom is 0.270 e. The summed E-state index contributed by atoms with van der Waals surface area (Å²) in [6.07, 6.45) is 0.633. The highest BCUT2D eigenvalue weighted by molar-refractivity contribution is 7.14. The molecule has 0 aliphatic rings. The van der Waals surface area contributed by atoms with Crippen LogP contribution in [-0.4, -0.2) is 37.6 Å². The Kier molecular flexibility index (Phi) is 6.80. The van der Waals surface area contributed by atoms with Crippen molar-refractivity contribution in [2.24, 2.45) is 0 Å². The first-order valence-corrected chi connectivity index (χ1v) is 9.79. The van der Waals surface area contributed by atoms with E-state index in [1.54, 1.807) is 43.9 Å². The van der Waals surface area contributed by atoms with E-state index < -0.39 is 0 Å². The van der Waals surface area contributed by atoms with Gasteiger partial charge in [-0.2, -0.15) is 0 Å². The van der Waals surface area contributed by atoms with Crippen LogP contribution < -0.4 is 20.1 Å². The summed E-state index contributed by atoms with van der Waals surface area (Å²) in [6, 6.07) is 14.5. The number of rotatable bonds is 8. The molecular weight excluding hydrogens is 390 g/mol. The first-order chi connectivity index (χ1) is 14.1. The van der Waals surface area contributed by atoms with Crippen LogP contribution in [0.2, 0.25) is 0 Å². The number of hydrogen-bond donors (Lipinski definition) is 2. The Balaban J connectivity index is 1.52. The fraction of sp³-hybridized carbons (Fsp3) is 0.190. The van der Waals surface area contributed by atoms with Gasteiger partial charge >= 0.3 is 0 Å². The van der Waals surface area contributed by atoms with E-state index in [0.717, 1.165) is 5.56 Å². The predicted molar refractivity (Wildman–Crippen MR) is 112 cm³/mol. The maximum absolute atomic E-state index is 12.3. The number of nitrogens with zero attached hydrogens (tertiary/aromatic N) is 1. The first kappa shape index (κ1) is 20.3. The van der Waals surface area contributed by atoms with E-state index in [9.17, 15) is 9.59 Å². The number of anilines is 1. The van der Waals surface area contributed by atoms with Gasteiger partial charge < -0.3 is 14.8 Å². The molecule has 0 fully saturated rings. The molecule has 8 heteroatoms. The largest absolute Gasteiger partial charge is 0.493 e. The fourth-order valence-electron chi connectivity index (χ4n) is 2.64. The van der Waals surface area contributed by atoms with Crippen LogP contribution in [0.5, 0.6) is 11.5 Å². The van der Waals surface area contributed by atoms with Gasteiger partial charge in [-0.25, -0.2) is 4.98 Å². The zero-order chi connectivity index (χ0) is 20.6. The van der Waals surface area contributed by atoms with Crippen molar-refractivity contribution in [1.29, 1.82) is 0 Å². The van der Waals surface area contributed by atoms with Crippen molar-refractivity contribution in [3.8, 4) is 11.5 Å². The van der Waals surface area contributed by atoms with Gasteiger partial charge in [0, 0.05) is 17.5 Å². The Morgan fingerprint density at radius 2 is 1.76 bits per heavy atom. The summed E-state index contributed by atoms with van der Waals surface area (Å²) in [5.74, 6) is 0.754. The van der Waals surface area contributed by atoms with Crippen LogP contribution in [0, 0.1) is 0 Å². The molecule has 3 rings (SSSR count). The van der Waals surface area contributed by atoms with E-state index in [1.165, 1.54) is 11.3 Å². The number of carbonyl (C=O) groups is 2. The van der Waals surface area contributed by atoms with Crippen molar-refractivity contribution in [2.45, 2.75) is 6.42 Å². The second-order valence-corrected chi connectivity index (χ2v) is 6.91. The number of methoxy groups -OCH3 is 2. The lowest BCUT2D eigenvalue weighted by molar-refractivity contribution is 0.0948. The second-order valence-electron chi connectivity index (χ2n) is 6.05. The van der Waals surface area contributed by atoms with Crippen LogP contribution in [0.1, 0.15) is 26.4 Å². The van der Waals surface area contributed by atoms with Gasteiger partial charge in [0.05, 0.1) is 14.2 Å². The minimum Gasteiger partial charge on any atom is -0.493 e. The zero-order valence-corrected chi connectivity index (χ0v) is 16.9. The summed E-state index contributed by atoms with van der Waals surface area (Å²) in [5.41, 5.74) is 1.81. The molecule has 2 amide bonds. The van der Waals surface area contributed by atoms with Gasteiger partial charge in [0.25, 0.3) is 11.8 Å². The van der Waals surface area contributed by atoms with Crippen LogP contribution in [0.25, 0.3) is 0 Å². The fourth-order valence-corrected chi connectivity index (χ4v) is 3.33. The van der Waals surface area contributed by atoms with Crippen molar-refractivity contribution < 1.29 is 19.1 Å². The summed E-state index contributed by atoms with van der Waals surface area (Å²) < 4.78 is 10.5.